The van der Waals surface area contributed by atoms with Crippen molar-refractivity contribution in [1.82, 2.24) is 4.98 Å². The van der Waals surface area contributed by atoms with Crippen molar-refractivity contribution in [2.24, 2.45) is 0 Å². The first-order valence-corrected chi connectivity index (χ1v) is 12.7. The molecule has 0 saturated carbocycles. The number of fused-ring (bicyclic) bond motifs is 2. The Morgan fingerprint density at radius 3 is 2.44 bits per heavy atom. The number of pyridine rings is 1. The van der Waals surface area contributed by atoms with Crippen LogP contribution in [0.15, 0.2) is 77.2 Å². The quantitative estimate of drug-likeness (QED) is 0.298. The van der Waals surface area contributed by atoms with Gasteiger partial charge in [-0.05, 0) is 42.7 Å². The van der Waals surface area contributed by atoms with Crippen molar-refractivity contribution in [2.45, 2.75) is 26.9 Å². The molecule has 0 aliphatic rings. The third-order valence-electron chi connectivity index (χ3n) is 5.99. The van der Waals surface area contributed by atoms with Crippen molar-refractivity contribution >= 4 is 34.8 Å². The standard InChI is InChI=1S/C27H24NO5P/c1-3-19-13-14-23(32-16-18-9-5-4-6-10-18)25-24(34(29,30)31)15-21(28-26(19)25)27-17(2)20-11-7-8-12-22(20)33-27/h4-15H,3,16H2,1-2H3,(H2,29,30,31). The van der Waals surface area contributed by atoms with Gasteiger partial charge in [0.05, 0.1) is 16.2 Å². The molecule has 0 spiro atoms. The van der Waals surface area contributed by atoms with Crippen LogP contribution in [0, 0.1) is 6.92 Å². The van der Waals surface area contributed by atoms with Crippen molar-refractivity contribution in [3.05, 3.63) is 89.5 Å². The van der Waals surface area contributed by atoms with Gasteiger partial charge in [-0.25, -0.2) is 4.98 Å². The van der Waals surface area contributed by atoms with Crippen molar-refractivity contribution in [3.63, 3.8) is 0 Å². The number of rotatable bonds is 6. The Kier molecular flexibility index (Phi) is 5.74. The number of benzene rings is 3. The molecule has 0 radical (unpaired) electrons. The van der Waals surface area contributed by atoms with E-state index in [0.29, 0.717) is 40.1 Å². The maximum atomic E-state index is 12.7. The monoisotopic (exact) mass is 473 g/mol. The smallest absolute Gasteiger partial charge is 0.357 e. The Balaban J connectivity index is 1.74. The molecule has 0 saturated heterocycles. The molecule has 7 heteroatoms. The summed E-state index contributed by atoms with van der Waals surface area (Å²) in [5, 5.41) is 1.15. The molecule has 0 aliphatic carbocycles. The number of hydrogen-bond donors (Lipinski definition) is 2. The molecule has 5 aromatic rings. The Morgan fingerprint density at radius 1 is 1.00 bits per heavy atom. The largest absolute Gasteiger partial charge is 0.488 e. The topological polar surface area (TPSA) is 92.8 Å². The first kappa shape index (κ1) is 22.4. The number of nitrogens with zero attached hydrogens (tertiary/aromatic N) is 1. The van der Waals surface area contributed by atoms with E-state index >= 15 is 0 Å². The van der Waals surface area contributed by atoms with E-state index in [2.05, 4.69) is 0 Å². The van der Waals surface area contributed by atoms with E-state index in [0.717, 1.165) is 22.1 Å². The summed E-state index contributed by atoms with van der Waals surface area (Å²) in [5.41, 5.74) is 4.28. The average Bonchev–Trinajstić information content (AvgIpc) is 3.18. The zero-order valence-electron chi connectivity index (χ0n) is 18.9. The second-order valence-electron chi connectivity index (χ2n) is 8.20. The SMILES string of the molecule is CCc1ccc(OCc2ccccc2)c2c(P(=O)(O)O)cc(-c3oc4ccccc4c3C)nc12. The normalized spacial score (nSPS) is 11.9. The van der Waals surface area contributed by atoms with Gasteiger partial charge in [0.25, 0.3) is 0 Å². The fourth-order valence-corrected chi connectivity index (χ4v) is 5.05. The number of para-hydroxylation sites is 1. The van der Waals surface area contributed by atoms with Gasteiger partial charge >= 0.3 is 7.60 Å². The molecule has 5 rings (SSSR count). The minimum Gasteiger partial charge on any atom is -0.488 e. The molecule has 0 amide bonds. The van der Waals surface area contributed by atoms with Crippen LogP contribution in [0.5, 0.6) is 5.75 Å². The van der Waals surface area contributed by atoms with Crippen LogP contribution in [0.25, 0.3) is 33.3 Å². The molecular formula is C27H24NO5P. The summed E-state index contributed by atoms with van der Waals surface area (Å²) in [6.07, 6.45) is 0.644. The van der Waals surface area contributed by atoms with Crippen LogP contribution in [-0.4, -0.2) is 14.8 Å². The van der Waals surface area contributed by atoms with Gasteiger partial charge in [-0.1, -0.05) is 61.5 Å². The maximum absolute atomic E-state index is 12.7. The molecule has 6 nitrogen and oxygen atoms in total. The van der Waals surface area contributed by atoms with Gasteiger partial charge in [0.15, 0.2) is 5.76 Å². The Hall–Kier alpha value is -3.44. The highest BCUT2D eigenvalue weighted by Crippen LogP contribution is 2.42. The zero-order chi connectivity index (χ0) is 23.9. The van der Waals surface area contributed by atoms with E-state index in [4.69, 9.17) is 14.1 Å². The minimum absolute atomic E-state index is 0.120. The van der Waals surface area contributed by atoms with Crippen LogP contribution in [0.1, 0.15) is 23.6 Å². The molecule has 3 aromatic carbocycles. The molecule has 0 bridgehead atoms. The van der Waals surface area contributed by atoms with Gasteiger partial charge in [-0.2, -0.15) is 0 Å². The summed E-state index contributed by atoms with van der Waals surface area (Å²) in [6.45, 7) is 4.17. The molecule has 0 aliphatic heterocycles. The molecule has 2 heterocycles. The van der Waals surface area contributed by atoms with Crippen LogP contribution in [-0.2, 0) is 17.6 Å². The molecule has 34 heavy (non-hydrogen) atoms. The fraction of sp³-hybridized carbons (Fsp3) is 0.148. The van der Waals surface area contributed by atoms with E-state index in [1.54, 1.807) is 6.07 Å². The van der Waals surface area contributed by atoms with Crippen LogP contribution < -0.4 is 10.0 Å². The van der Waals surface area contributed by atoms with Gasteiger partial charge in [-0.3, -0.25) is 4.57 Å². The van der Waals surface area contributed by atoms with E-state index in [-0.39, 0.29) is 11.9 Å². The predicted octanol–water partition coefficient (Wildman–Crippen LogP) is 5.90. The number of ether oxygens (including phenoxy) is 1. The first-order chi connectivity index (χ1) is 16.4. The lowest BCUT2D eigenvalue weighted by molar-refractivity contribution is 0.310. The summed E-state index contributed by atoms with van der Waals surface area (Å²) in [7, 11) is -4.68. The zero-order valence-corrected chi connectivity index (χ0v) is 19.8. The number of aromatic nitrogens is 1. The Morgan fingerprint density at radius 2 is 1.74 bits per heavy atom. The van der Waals surface area contributed by atoms with Crippen molar-refractivity contribution in [3.8, 4) is 17.2 Å². The molecule has 172 valence electrons. The first-order valence-electron chi connectivity index (χ1n) is 11.0. The molecule has 2 aromatic heterocycles. The summed E-state index contributed by atoms with van der Waals surface area (Å²) in [5.74, 6) is 0.880. The van der Waals surface area contributed by atoms with Gasteiger partial charge in [0.1, 0.15) is 23.6 Å². The van der Waals surface area contributed by atoms with Crippen molar-refractivity contribution < 1.29 is 23.5 Å². The highest BCUT2D eigenvalue weighted by molar-refractivity contribution is 7.60. The summed E-state index contributed by atoms with van der Waals surface area (Å²) >= 11 is 0. The Labute approximate surface area is 197 Å². The average molecular weight is 473 g/mol. The lowest BCUT2D eigenvalue weighted by Gasteiger charge is -2.17. The number of hydrogen-bond acceptors (Lipinski definition) is 4. The van der Waals surface area contributed by atoms with Crippen molar-refractivity contribution in [2.75, 3.05) is 0 Å². The molecule has 0 unspecified atom stereocenters. The highest BCUT2D eigenvalue weighted by atomic mass is 31.2. The van der Waals surface area contributed by atoms with Gasteiger partial charge in [0, 0.05) is 10.9 Å². The third kappa shape index (κ3) is 4.01. The van der Waals surface area contributed by atoms with E-state index in [9.17, 15) is 14.4 Å². The number of aryl methyl sites for hydroxylation is 2. The second kappa shape index (κ2) is 8.73. The highest BCUT2D eigenvalue weighted by Gasteiger charge is 2.27. The van der Waals surface area contributed by atoms with E-state index < -0.39 is 7.60 Å². The molecule has 0 atom stereocenters. The van der Waals surface area contributed by atoms with Gasteiger partial charge < -0.3 is 18.9 Å². The maximum Gasteiger partial charge on any atom is 0.357 e. The summed E-state index contributed by atoms with van der Waals surface area (Å²) in [6, 6.07) is 22.4. The molecule has 0 fully saturated rings. The van der Waals surface area contributed by atoms with Gasteiger partial charge in [0.2, 0.25) is 0 Å². The minimum atomic E-state index is -4.68. The molecular weight excluding hydrogens is 449 g/mol. The number of furan rings is 1. The lowest BCUT2D eigenvalue weighted by Crippen LogP contribution is -2.11. The van der Waals surface area contributed by atoms with E-state index in [1.807, 2.05) is 74.5 Å². The predicted molar refractivity (Wildman–Crippen MR) is 134 cm³/mol. The van der Waals surface area contributed by atoms with Crippen LogP contribution in [0.2, 0.25) is 0 Å². The van der Waals surface area contributed by atoms with Crippen molar-refractivity contribution in [1.29, 1.82) is 0 Å². The summed E-state index contributed by atoms with van der Waals surface area (Å²) < 4.78 is 24.8. The second-order valence-corrected chi connectivity index (χ2v) is 9.77. The Bertz CT molecular complexity index is 1550. The molecule has 2 N–H and O–H groups in total. The van der Waals surface area contributed by atoms with E-state index in [1.165, 1.54) is 6.07 Å². The van der Waals surface area contributed by atoms with Gasteiger partial charge in [-0.15, -0.1) is 0 Å². The fourth-order valence-electron chi connectivity index (χ4n) is 4.25. The van der Waals surface area contributed by atoms with Crippen LogP contribution in [0.3, 0.4) is 0 Å². The van der Waals surface area contributed by atoms with Crippen LogP contribution in [0.4, 0.5) is 0 Å². The lowest BCUT2D eigenvalue weighted by atomic mass is 10.0. The summed E-state index contributed by atoms with van der Waals surface area (Å²) in [4.78, 5) is 25.5. The van der Waals surface area contributed by atoms with Crippen LogP contribution >= 0.6 is 7.60 Å². The third-order valence-corrected chi connectivity index (χ3v) is 6.97.